The average Bonchev–Trinajstić information content (AvgIpc) is 3.10. The van der Waals surface area contributed by atoms with Gasteiger partial charge in [0.1, 0.15) is 12.1 Å². The molecule has 10 nitrogen and oxygen atoms in total. The number of nitriles is 3. The van der Waals surface area contributed by atoms with E-state index < -0.39 is 27.5 Å². The van der Waals surface area contributed by atoms with Crippen molar-refractivity contribution in [3.63, 3.8) is 0 Å². The van der Waals surface area contributed by atoms with Crippen molar-refractivity contribution in [1.29, 1.82) is 15.8 Å². The molecular formula is C39H56N4O6P2. The molecule has 0 bridgehead atoms. The molecule has 0 saturated heterocycles. The minimum atomic E-state index is -3.82. The first-order valence-corrected chi connectivity index (χ1v) is 21.8. The van der Waals surface area contributed by atoms with Gasteiger partial charge in [0.15, 0.2) is 0 Å². The van der Waals surface area contributed by atoms with Crippen molar-refractivity contribution in [2.75, 3.05) is 44.4 Å². The van der Waals surface area contributed by atoms with Crippen LogP contribution in [0.5, 0.6) is 0 Å². The van der Waals surface area contributed by atoms with Gasteiger partial charge in [-0.1, -0.05) is 76.7 Å². The fraction of sp³-hybridized carbons (Fsp3) is 0.564. The molecule has 0 unspecified atom stereocenters. The zero-order valence-electron chi connectivity index (χ0n) is 31.4. The quantitative estimate of drug-likeness (QED) is 0.0548. The highest BCUT2D eigenvalue weighted by Gasteiger charge is 2.35. The number of rotatable bonds is 25. The van der Waals surface area contributed by atoms with Crippen molar-refractivity contribution in [3.8, 4) is 18.2 Å². The summed E-state index contributed by atoms with van der Waals surface area (Å²) < 4.78 is 49.8. The fourth-order valence-electron chi connectivity index (χ4n) is 5.99. The van der Waals surface area contributed by atoms with Crippen LogP contribution in [0.3, 0.4) is 0 Å². The summed E-state index contributed by atoms with van der Waals surface area (Å²) in [7, 11) is -7.65. The van der Waals surface area contributed by atoms with Gasteiger partial charge in [-0.25, -0.2) is 0 Å². The van der Waals surface area contributed by atoms with Crippen LogP contribution in [0.25, 0.3) is 12.2 Å². The molecule has 0 fully saturated rings. The number of anilines is 1. The zero-order chi connectivity index (χ0) is 37.7. The minimum absolute atomic E-state index is 0.00710. The Bertz CT molecular complexity index is 1540. The molecule has 0 spiro atoms. The molecule has 0 aromatic heterocycles. The second-order valence-electron chi connectivity index (χ2n) is 12.1. The third-order valence-corrected chi connectivity index (χ3v) is 12.4. The minimum Gasteiger partial charge on any atom is -0.372 e. The summed E-state index contributed by atoms with van der Waals surface area (Å²) in [5, 5.41) is 31.5. The molecule has 0 saturated carbocycles. The monoisotopic (exact) mass is 738 g/mol. The summed E-state index contributed by atoms with van der Waals surface area (Å²) in [6.07, 6.45) is 12.2. The predicted molar refractivity (Wildman–Crippen MR) is 206 cm³/mol. The van der Waals surface area contributed by atoms with E-state index in [4.69, 9.17) is 18.1 Å². The molecule has 0 aliphatic rings. The molecule has 2 aromatic carbocycles. The van der Waals surface area contributed by atoms with Crippen LogP contribution in [0.15, 0.2) is 24.3 Å². The van der Waals surface area contributed by atoms with Gasteiger partial charge in [0.2, 0.25) is 0 Å². The first-order valence-electron chi connectivity index (χ1n) is 18.3. The Labute approximate surface area is 306 Å². The number of nitrogens with zero attached hydrogens (tertiary/aromatic N) is 4. The number of benzene rings is 2. The van der Waals surface area contributed by atoms with Gasteiger partial charge < -0.3 is 23.0 Å². The Hall–Kier alpha value is -3.25. The van der Waals surface area contributed by atoms with E-state index in [9.17, 15) is 24.9 Å². The highest BCUT2D eigenvalue weighted by molar-refractivity contribution is 7.53. The maximum atomic E-state index is 13.8. The molecule has 51 heavy (non-hydrogen) atoms. The first kappa shape index (κ1) is 43.9. The molecule has 0 aliphatic carbocycles. The van der Waals surface area contributed by atoms with Gasteiger partial charge in [0.25, 0.3) is 0 Å². The largest absolute Gasteiger partial charge is 0.372 e. The van der Waals surface area contributed by atoms with Gasteiger partial charge in [0, 0.05) is 35.5 Å². The highest BCUT2D eigenvalue weighted by atomic mass is 31.2. The second-order valence-corrected chi connectivity index (χ2v) is 16.2. The Morgan fingerprint density at radius 1 is 0.588 bits per heavy atom. The van der Waals surface area contributed by atoms with Crippen LogP contribution in [0.1, 0.15) is 132 Å². The lowest BCUT2D eigenvalue weighted by molar-refractivity contribution is 0.218. The summed E-state index contributed by atoms with van der Waals surface area (Å²) in [6.45, 7) is 13.4. The lowest BCUT2D eigenvalue weighted by Gasteiger charge is -2.25. The zero-order valence-corrected chi connectivity index (χ0v) is 33.2. The van der Waals surface area contributed by atoms with E-state index in [0.717, 1.165) is 37.2 Å². The van der Waals surface area contributed by atoms with Crippen molar-refractivity contribution in [2.45, 2.75) is 105 Å². The first-order chi connectivity index (χ1) is 24.6. The molecule has 0 N–H and O–H groups in total. The van der Waals surface area contributed by atoms with Gasteiger partial charge in [-0.3, -0.25) is 9.13 Å². The van der Waals surface area contributed by atoms with Gasteiger partial charge in [-0.05, 0) is 58.2 Å². The molecule has 0 atom stereocenters. The van der Waals surface area contributed by atoms with E-state index in [1.807, 2.05) is 12.1 Å². The lowest BCUT2D eigenvalue weighted by Crippen LogP contribution is -2.25. The van der Waals surface area contributed by atoms with E-state index >= 15 is 0 Å². The topological polar surface area (TPSA) is 146 Å². The molecule has 12 heteroatoms. The molecular weight excluding hydrogens is 682 g/mol. The van der Waals surface area contributed by atoms with Gasteiger partial charge in [-0.2, -0.15) is 15.8 Å². The van der Waals surface area contributed by atoms with Crippen LogP contribution in [-0.2, 0) is 39.5 Å². The summed E-state index contributed by atoms with van der Waals surface area (Å²) >= 11 is 0. The molecule has 2 rings (SSSR count). The smallest absolute Gasteiger partial charge is 0.335 e. The third kappa shape index (κ3) is 13.3. The van der Waals surface area contributed by atoms with Crippen molar-refractivity contribution in [3.05, 3.63) is 63.2 Å². The van der Waals surface area contributed by atoms with Crippen molar-refractivity contribution in [2.24, 2.45) is 0 Å². The molecule has 0 heterocycles. The SMILES string of the molecule is CCCCCCN(CCCCCC)c1ccc(/C=C/c2c(C#N)c(CP(=O)(OCC)OCC)c(C#N)c(CP(=O)(OCC)OCC)c2C#N)cc1. The van der Waals surface area contributed by atoms with Crippen molar-refractivity contribution >= 4 is 33.0 Å². The third-order valence-electron chi connectivity index (χ3n) is 8.35. The van der Waals surface area contributed by atoms with Gasteiger partial charge in [-0.15, -0.1) is 0 Å². The van der Waals surface area contributed by atoms with E-state index in [1.54, 1.807) is 39.8 Å². The van der Waals surface area contributed by atoms with E-state index in [1.165, 1.54) is 38.5 Å². The molecule has 278 valence electrons. The maximum Gasteiger partial charge on any atom is 0.335 e. The Morgan fingerprint density at radius 3 is 1.35 bits per heavy atom. The summed E-state index contributed by atoms with van der Waals surface area (Å²) in [4.78, 5) is 2.45. The Balaban J connectivity index is 2.74. The van der Waals surface area contributed by atoms with E-state index in [2.05, 4.69) is 49.1 Å². The number of unbranched alkanes of at least 4 members (excludes halogenated alkanes) is 6. The maximum absolute atomic E-state index is 13.8. The van der Waals surface area contributed by atoms with Crippen molar-refractivity contribution < 1.29 is 27.2 Å². The van der Waals surface area contributed by atoms with Crippen LogP contribution < -0.4 is 4.90 Å². The second kappa shape index (κ2) is 23.3. The van der Waals surface area contributed by atoms with Crippen LogP contribution in [0.2, 0.25) is 0 Å². The fourth-order valence-corrected chi connectivity index (χ4v) is 9.49. The molecule has 2 aromatic rings. The number of hydrogen-bond donors (Lipinski definition) is 0. The Kier molecular flexibility index (Phi) is 20.1. The van der Waals surface area contributed by atoms with Crippen LogP contribution in [0.4, 0.5) is 5.69 Å². The molecule has 0 aliphatic heterocycles. The van der Waals surface area contributed by atoms with Crippen molar-refractivity contribution in [1.82, 2.24) is 0 Å². The standard InChI is InChI=1S/C39H56N4O6P2/c1-7-13-15-17-25-43(26-18-16-14-8-2)33-22-19-32(20-23-33)21-24-34-35(27-40)38(30-50(44,46-9-3)47-10-4)37(29-42)39(36(34)28-41)31-51(45,48-11-5)49-12-6/h19-24H,7-18,25-26,30-31H2,1-6H3/b24-21+. The molecule has 0 radical (unpaired) electrons. The van der Waals surface area contributed by atoms with Gasteiger partial charge >= 0.3 is 15.2 Å². The highest BCUT2D eigenvalue weighted by Crippen LogP contribution is 2.55. The van der Waals surface area contributed by atoms with Crippen LogP contribution in [0, 0.1) is 34.0 Å². The van der Waals surface area contributed by atoms with E-state index in [-0.39, 0.29) is 59.8 Å². The van der Waals surface area contributed by atoms with Crippen LogP contribution >= 0.6 is 15.2 Å². The summed E-state index contributed by atoms with van der Waals surface area (Å²) in [5.41, 5.74) is 2.26. The normalized spacial score (nSPS) is 11.7. The lowest BCUT2D eigenvalue weighted by atomic mass is 9.88. The van der Waals surface area contributed by atoms with E-state index in [0.29, 0.717) is 0 Å². The predicted octanol–water partition coefficient (Wildman–Crippen LogP) is 11.0. The van der Waals surface area contributed by atoms with Gasteiger partial charge in [0.05, 0.1) is 61.5 Å². The summed E-state index contributed by atoms with van der Waals surface area (Å²) in [6, 6.07) is 14.6. The Morgan fingerprint density at radius 2 is 1.00 bits per heavy atom. The molecule has 0 amide bonds. The summed E-state index contributed by atoms with van der Waals surface area (Å²) in [5.74, 6) is 0. The van der Waals surface area contributed by atoms with Crippen LogP contribution in [-0.4, -0.2) is 39.5 Å². The number of hydrogen-bond acceptors (Lipinski definition) is 10. The average molecular weight is 739 g/mol.